The van der Waals surface area contributed by atoms with Crippen LogP contribution in [-0.4, -0.2) is 34.8 Å². The Balaban J connectivity index is 1.95. The highest BCUT2D eigenvalue weighted by atomic mass is 19.4. The van der Waals surface area contributed by atoms with Gasteiger partial charge in [-0.25, -0.2) is 9.78 Å². The molecule has 150 valence electrons. The largest absolute Gasteiger partial charge is 0.573 e. The maximum atomic E-state index is 12.1. The van der Waals surface area contributed by atoms with Crippen molar-refractivity contribution in [2.24, 2.45) is 5.73 Å². The van der Waals surface area contributed by atoms with Gasteiger partial charge in [0.1, 0.15) is 11.6 Å². The molecular formula is C16H17F3N6O3. The summed E-state index contributed by atoms with van der Waals surface area (Å²) in [6.45, 7) is 1.95. The van der Waals surface area contributed by atoms with Gasteiger partial charge in [0.25, 0.3) is 0 Å². The SMILES string of the molecule is Cc1cc(NCCC(N)=O)nc(NC(=O)Nc2ccc(OC(F)(F)F)cc2)n1. The molecule has 0 bridgehead atoms. The molecule has 9 nitrogen and oxygen atoms in total. The number of alkyl halides is 3. The second kappa shape index (κ2) is 8.88. The van der Waals surface area contributed by atoms with Crippen LogP contribution >= 0.6 is 0 Å². The number of aromatic nitrogens is 2. The number of amides is 3. The third kappa shape index (κ3) is 7.35. The van der Waals surface area contributed by atoms with Crippen molar-refractivity contribution < 1.29 is 27.5 Å². The van der Waals surface area contributed by atoms with Crippen molar-refractivity contribution in [1.29, 1.82) is 0 Å². The highest BCUT2D eigenvalue weighted by Gasteiger charge is 2.30. The zero-order valence-corrected chi connectivity index (χ0v) is 14.6. The monoisotopic (exact) mass is 398 g/mol. The van der Waals surface area contributed by atoms with Crippen LogP contribution in [0, 0.1) is 6.92 Å². The van der Waals surface area contributed by atoms with Crippen LogP contribution in [0.5, 0.6) is 5.75 Å². The van der Waals surface area contributed by atoms with Gasteiger partial charge >= 0.3 is 12.4 Å². The Morgan fingerprint density at radius 2 is 1.82 bits per heavy atom. The van der Waals surface area contributed by atoms with Crippen LogP contribution in [0.15, 0.2) is 30.3 Å². The lowest BCUT2D eigenvalue weighted by Gasteiger charge is -2.11. The van der Waals surface area contributed by atoms with Crippen molar-refractivity contribution in [2.75, 3.05) is 22.5 Å². The fourth-order valence-electron chi connectivity index (χ4n) is 2.03. The third-order valence-electron chi connectivity index (χ3n) is 3.10. The first kappa shape index (κ1) is 20.7. The van der Waals surface area contributed by atoms with Crippen molar-refractivity contribution in [2.45, 2.75) is 19.7 Å². The van der Waals surface area contributed by atoms with Crippen molar-refractivity contribution in [3.63, 3.8) is 0 Å². The number of aryl methyl sites for hydroxylation is 1. The summed E-state index contributed by atoms with van der Waals surface area (Å²) in [4.78, 5) is 30.9. The first-order chi connectivity index (χ1) is 13.1. The highest BCUT2D eigenvalue weighted by molar-refractivity contribution is 5.98. The van der Waals surface area contributed by atoms with E-state index in [1.165, 1.54) is 12.1 Å². The van der Waals surface area contributed by atoms with E-state index in [-0.39, 0.29) is 24.6 Å². The van der Waals surface area contributed by atoms with Crippen molar-refractivity contribution in [1.82, 2.24) is 9.97 Å². The summed E-state index contributed by atoms with van der Waals surface area (Å²) in [7, 11) is 0. The molecule has 28 heavy (non-hydrogen) atoms. The quantitative estimate of drug-likeness (QED) is 0.567. The number of hydrogen-bond acceptors (Lipinski definition) is 6. The molecular weight excluding hydrogens is 381 g/mol. The molecule has 0 atom stereocenters. The number of primary amides is 1. The summed E-state index contributed by atoms with van der Waals surface area (Å²) in [6, 6.07) is 5.53. The average molecular weight is 398 g/mol. The van der Waals surface area contributed by atoms with E-state index in [1.54, 1.807) is 13.0 Å². The van der Waals surface area contributed by atoms with Crippen LogP contribution < -0.4 is 26.4 Å². The molecule has 0 aliphatic rings. The second-order valence-electron chi connectivity index (χ2n) is 5.51. The van der Waals surface area contributed by atoms with E-state index in [4.69, 9.17) is 5.73 Å². The average Bonchev–Trinajstić information content (AvgIpc) is 2.54. The number of halogens is 3. The van der Waals surface area contributed by atoms with Crippen LogP contribution in [0.25, 0.3) is 0 Å². The van der Waals surface area contributed by atoms with E-state index in [0.717, 1.165) is 12.1 Å². The minimum atomic E-state index is -4.79. The van der Waals surface area contributed by atoms with Crippen molar-refractivity contribution in [3.8, 4) is 5.75 Å². The van der Waals surface area contributed by atoms with Gasteiger partial charge < -0.3 is 21.1 Å². The molecule has 0 radical (unpaired) electrons. The van der Waals surface area contributed by atoms with Gasteiger partial charge in [0.15, 0.2) is 0 Å². The number of hydrogen-bond donors (Lipinski definition) is 4. The molecule has 1 aromatic heterocycles. The number of carbonyl (C=O) groups is 2. The summed E-state index contributed by atoms with van der Waals surface area (Å²) in [5.74, 6) is -0.497. The topological polar surface area (TPSA) is 131 Å². The summed E-state index contributed by atoms with van der Waals surface area (Å²) in [5.41, 5.74) is 5.85. The number of nitrogens with one attached hydrogen (secondary N) is 3. The number of benzene rings is 1. The van der Waals surface area contributed by atoms with Crippen LogP contribution in [-0.2, 0) is 4.79 Å². The number of nitrogens with zero attached hydrogens (tertiary/aromatic N) is 2. The number of urea groups is 1. The van der Waals surface area contributed by atoms with Crippen molar-refractivity contribution in [3.05, 3.63) is 36.0 Å². The van der Waals surface area contributed by atoms with E-state index in [1.807, 2.05) is 0 Å². The van der Waals surface area contributed by atoms with E-state index in [9.17, 15) is 22.8 Å². The second-order valence-corrected chi connectivity index (χ2v) is 5.51. The zero-order valence-electron chi connectivity index (χ0n) is 14.6. The lowest BCUT2D eigenvalue weighted by molar-refractivity contribution is -0.274. The summed E-state index contributed by atoms with van der Waals surface area (Å²) in [6.07, 6.45) is -4.68. The molecule has 1 heterocycles. The minimum Gasteiger partial charge on any atom is -0.406 e. The Hall–Kier alpha value is -3.57. The lowest BCUT2D eigenvalue weighted by atomic mass is 10.3. The number of ether oxygens (including phenoxy) is 1. The maximum Gasteiger partial charge on any atom is 0.573 e. The van der Waals surface area contributed by atoms with Crippen LogP contribution in [0.4, 0.5) is 35.4 Å². The Morgan fingerprint density at radius 3 is 2.43 bits per heavy atom. The lowest BCUT2D eigenvalue weighted by Crippen LogP contribution is -2.22. The van der Waals surface area contributed by atoms with Crippen molar-refractivity contribution >= 4 is 29.4 Å². The number of anilines is 3. The van der Waals surface area contributed by atoms with Gasteiger partial charge in [-0.1, -0.05) is 0 Å². The van der Waals surface area contributed by atoms with Crippen LogP contribution in [0.2, 0.25) is 0 Å². The fraction of sp³-hybridized carbons (Fsp3) is 0.250. The summed E-state index contributed by atoms with van der Waals surface area (Å²) < 4.78 is 40.1. The fourth-order valence-corrected chi connectivity index (χ4v) is 2.03. The molecule has 0 saturated carbocycles. The molecule has 2 aromatic rings. The smallest absolute Gasteiger partial charge is 0.406 e. The molecule has 1 aromatic carbocycles. The Labute approximate surface area is 157 Å². The predicted octanol–water partition coefficient (Wildman–Crippen LogP) is 2.61. The van der Waals surface area contributed by atoms with Gasteiger partial charge in [-0.05, 0) is 31.2 Å². The summed E-state index contributed by atoms with van der Waals surface area (Å²) >= 11 is 0. The number of rotatable bonds is 7. The van der Waals surface area contributed by atoms with Gasteiger partial charge in [0.05, 0.1) is 0 Å². The minimum absolute atomic E-state index is 0.00361. The van der Waals surface area contributed by atoms with Gasteiger partial charge in [0, 0.05) is 30.4 Å². The van der Waals surface area contributed by atoms with Gasteiger partial charge in [0.2, 0.25) is 11.9 Å². The predicted molar refractivity (Wildman–Crippen MR) is 94.8 cm³/mol. The number of carbonyl (C=O) groups excluding carboxylic acids is 2. The van der Waals surface area contributed by atoms with E-state index in [0.29, 0.717) is 11.5 Å². The van der Waals surface area contributed by atoms with E-state index in [2.05, 4.69) is 30.7 Å². The number of nitrogens with two attached hydrogens (primary N) is 1. The molecule has 0 unspecified atom stereocenters. The Bertz CT molecular complexity index is 843. The first-order valence-corrected chi connectivity index (χ1v) is 7.92. The Kier molecular flexibility index (Phi) is 6.58. The van der Waals surface area contributed by atoms with Gasteiger partial charge in [-0.2, -0.15) is 4.98 Å². The van der Waals surface area contributed by atoms with E-state index >= 15 is 0 Å². The molecule has 0 spiro atoms. The molecule has 0 aliphatic heterocycles. The Morgan fingerprint density at radius 1 is 1.14 bits per heavy atom. The van der Waals surface area contributed by atoms with Crippen LogP contribution in [0.1, 0.15) is 12.1 Å². The molecule has 2 rings (SSSR count). The van der Waals surface area contributed by atoms with Crippen LogP contribution in [0.3, 0.4) is 0 Å². The highest BCUT2D eigenvalue weighted by Crippen LogP contribution is 2.24. The standard InChI is InChI=1S/C16H17F3N6O3/c1-9-8-13(21-7-6-12(20)26)24-14(22-9)25-15(27)23-10-2-4-11(5-3-10)28-16(17,18)19/h2-5,8H,6-7H2,1H3,(H2,20,26)(H3,21,22,23,24,25,27). The van der Waals surface area contributed by atoms with E-state index < -0.39 is 24.1 Å². The zero-order chi connectivity index (χ0) is 20.7. The normalized spacial score (nSPS) is 10.9. The molecule has 12 heteroatoms. The molecule has 0 fully saturated rings. The molecule has 0 saturated heterocycles. The summed E-state index contributed by atoms with van der Waals surface area (Å²) in [5, 5.41) is 7.71. The first-order valence-electron chi connectivity index (χ1n) is 7.92. The molecule has 3 amide bonds. The van der Waals surface area contributed by atoms with Gasteiger partial charge in [-0.3, -0.25) is 10.1 Å². The van der Waals surface area contributed by atoms with Gasteiger partial charge in [-0.15, -0.1) is 13.2 Å². The molecule has 5 N–H and O–H groups in total. The maximum absolute atomic E-state index is 12.1. The molecule has 0 aliphatic carbocycles. The third-order valence-corrected chi connectivity index (χ3v) is 3.10.